The molecule has 2 saturated heterocycles. The van der Waals surface area contributed by atoms with Gasteiger partial charge in [0.25, 0.3) is 0 Å². The lowest BCUT2D eigenvalue weighted by Gasteiger charge is -2.38. The van der Waals surface area contributed by atoms with Gasteiger partial charge in [0.1, 0.15) is 17.3 Å². The maximum absolute atomic E-state index is 13.2. The Labute approximate surface area is 265 Å². The predicted octanol–water partition coefficient (Wildman–Crippen LogP) is 4.87. The topological polar surface area (TPSA) is 120 Å². The van der Waals surface area contributed by atoms with Gasteiger partial charge in [0, 0.05) is 48.7 Å². The average molecular weight is 631 g/mol. The van der Waals surface area contributed by atoms with Crippen LogP contribution in [0.15, 0.2) is 72.9 Å². The van der Waals surface area contributed by atoms with E-state index in [0.29, 0.717) is 46.5 Å². The number of fused-ring (bicyclic) bond motifs is 1. The van der Waals surface area contributed by atoms with E-state index >= 15 is 0 Å². The Morgan fingerprint density at radius 2 is 1.57 bits per heavy atom. The summed E-state index contributed by atoms with van der Waals surface area (Å²) in [5.74, 6) is 0.842. The summed E-state index contributed by atoms with van der Waals surface area (Å²) in [4.78, 5) is 33.1. The number of nitrogens with zero attached hydrogens (tertiary/aromatic N) is 2. The summed E-state index contributed by atoms with van der Waals surface area (Å²) < 4.78 is 41.8. The highest BCUT2D eigenvalue weighted by Crippen LogP contribution is 2.37. The van der Waals surface area contributed by atoms with E-state index in [1.165, 1.54) is 24.3 Å². The number of nitrogens with one attached hydrogen (secondary N) is 2. The number of hydrogen-bond acceptors (Lipinski definition) is 9. The highest BCUT2D eigenvalue weighted by Gasteiger charge is 2.52. The summed E-state index contributed by atoms with van der Waals surface area (Å²) in [5.41, 5.74) is 0.160. The van der Waals surface area contributed by atoms with E-state index in [-0.39, 0.29) is 13.2 Å². The quantitative estimate of drug-likeness (QED) is 0.167. The van der Waals surface area contributed by atoms with Crippen LogP contribution in [0.1, 0.15) is 6.42 Å². The molecule has 1 aromatic heterocycles. The van der Waals surface area contributed by atoms with Crippen LogP contribution < -0.4 is 24.8 Å². The zero-order valence-corrected chi connectivity index (χ0v) is 25.4. The second-order valence-corrected chi connectivity index (χ2v) is 11.1. The highest BCUT2D eigenvalue weighted by molar-refractivity contribution is 6.15. The van der Waals surface area contributed by atoms with Gasteiger partial charge < -0.3 is 34.3 Å². The van der Waals surface area contributed by atoms with Crippen molar-refractivity contribution in [2.24, 2.45) is 5.41 Å². The molecule has 11 nitrogen and oxygen atoms in total. The Bertz CT molecular complexity index is 1670. The van der Waals surface area contributed by atoms with Gasteiger partial charge in [0.05, 0.1) is 45.7 Å². The van der Waals surface area contributed by atoms with Crippen LogP contribution in [0.5, 0.6) is 23.0 Å². The molecule has 0 bridgehead atoms. The van der Waals surface area contributed by atoms with E-state index < -0.39 is 23.0 Å². The van der Waals surface area contributed by atoms with Gasteiger partial charge in [-0.15, -0.1) is 0 Å². The molecule has 3 aromatic carbocycles. The number of pyridine rings is 1. The third-order valence-electron chi connectivity index (χ3n) is 7.98. The van der Waals surface area contributed by atoms with Crippen LogP contribution in [0.4, 0.5) is 15.8 Å². The average Bonchev–Trinajstić information content (AvgIpc) is 3.05. The first-order valence-corrected chi connectivity index (χ1v) is 15.1. The lowest BCUT2D eigenvalue weighted by molar-refractivity contribution is -0.166. The molecule has 0 unspecified atom stereocenters. The van der Waals surface area contributed by atoms with Crippen molar-refractivity contribution in [2.45, 2.75) is 6.42 Å². The Hall–Kier alpha value is -4.78. The van der Waals surface area contributed by atoms with Gasteiger partial charge >= 0.3 is 0 Å². The van der Waals surface area contributed by atoms with Gasteiger partial charge in [-0.2, -0.15) is 0 Å². The minimum atomic E-state index is -1.40. The van der Waals surface area contributed by atoms with Gasteiger partial charge in [-0.3, -0.25) is 19.5 Å². The Morgan fingerprint density at radius 1 is 0.891 bits per heavy atom. The molecule has 0 spiro atoms. The number of ether oxygens (including phenoxy) is 5. The summed E-state index contributed by atoms with van der Waals surface area (Å²) in [6.45, 7) is 4.79. The molecular formula is C34H35FN4O7. The summed E-state index contributed by atoms with van der Waals surface area (Å²) >= 11 is 0. The monoisotopic (exact) mass is 630 g/mol. The number of benzene rings is 3. The predicted molar refractivity (Wildman–Crippen MR) is 169 cm³/mol. The third-order valence-corrected chi connectivity index (χ3v) is 7.98. The summed E-state index contributed by atoms with van der Waals surface area (Å²) in [7, 11) is 1.60. The molecule has 0 atom stereocenters. The van der Waals surface area contributed by atoms with Crippen molar-refractivity contribution >= 4 is 34.1 Å². The number of carbonyl (C=O) groups is 2. The van der Waals surface area contributed by atoms with E-state index in [1.807, 2.05) is 12.1 Å². The Balaban J connectivity index is 1.08. The van der Waals surface area contributed by atoms with Crippen LogP contribution in [-0.2, 0) is 19.1 Å². The SMILES string of the molecule is COc1cc2c(Oc3ccc(NC(=O)C4(C(=O)Nc5ccc(F)cc5)COC4)cc3)ccnc2cc1OCCCN1CCOCC1. The van der Waals surface area contributed by atoms with Crippen LogP contribution in [0.2, 0.25) is 0 Å². The normalized spacial score (nSPS) is 15.9. The smallest absolute Gasteiger partial charge is 0.244 e. The molecule has 2 fully saturated rings. The summed E-state index contributed by atoms with van der Waals surface area (Å²) in [6.07, 6.45) is 2.55. The summed E-state index contributed by atoms with van der Waals surface area (Å²) in [5, 5.41) is 6.22. The van der Waals surface area contributed by atoms with Crippen molar-refractivity contribution < 1.29 is 37.7 Å². The van der Waals surface area contributed by atoms with Crippen LogP contribution in [0.25, 0.3) is 10.9 Å². The first kappa shape index (κ1) is 31.2. The first-order chi connectivity index (χ1) is 22.4. The number of rotatable bonds is 12. The number of carbonyl (C=O) groups excluding carboxylic acids is 2. The number of methoxy groups -OCH3 is 1. The standard InChI is InChI=1S/C34H35FN4O7/c1-42-30-19-27-28(20-31(30)45-16-2-13-39-14-17-43-18-15-39)36-12-11-29(27)46-26-9-7-25(8-10-26)38-33(41)34(21-44-22-34)32(40)37-24-5-3-23(35)4-6-24/h3-12,19-20H,2,13-18,21-22H2,1H3,(H,37,40)(H,38,41). The fraction of sp³-hybridized carbons (Fsp3) is 0.324. The lowest BCUT2D eigenvalue weighted by Crippen LogP contribution is -2.59. The minimum Gasteiger partial charge on any atom is -0.493 e. The van der Waals surface area contributed by atoms with E-state index in [4.69, 9.17) is 23.7 Å². The molecule has 2 amide bonds. The Morgan fingerprint density at radius 3 is 2.20 bits per heavy atom. The van der Waals surface area contributed by atoms with Crippen molar-refractivity contribution in [1.29, 1.82) is 0 Å². The Kier molecular flexibility index (Phi) is 9.57. The second kappa shape index (κ2) is 14.1. The van der Waals surface area contributed by atoms with E-state index in [9.17, 15) is 14.0 Å². The molecule has 4 aromatic rings. The fourth-order valence-corrected chi connectivity index (χ4v) is 5.22. The van der Waals surface area contributed by atoms with Gasteiger partial charge in [0.2, 0.25) is 11.8 Å². The molecule has 6 rings (SSSR count). The highest BCUT2D eigenvalue weighted by atomic mass is 19.1. The number of halogens is 1. The number of amides is 2. The molecule has 0 radical (unpaired) electrons. The molecule has 240 valence electrons. The first-order valence-electron chi connectivity index (χ1n) is 15.1. The van der Waals surface area contributed by atoms with Crippen molar-refractivity contribution in [2.75, 3.05) is 70.4 Å². The van der Waals surface area contributed by atoms with Gasteiger partial charge in [0.15, 0.2) is 16.9 Å². The molecule has 3 heterocycles. The van der Waals surface area contributed by atoms with Crippen molar-refractivity contribution in [3.05, 3.63) is 78.7 Å². The molecule has 0 saturated carbocycles. The zero-order valence-electron chi connectivity index (χ0n) is 25.4. The number of morpholine rings is 1. The molecule has 46 heavy (non-hydrogen) atoms. The van der Waals surface area contributed by atoms with Crippen molar-refractivity contribution in [3.63, 3.8) is 0 Å². The van der Waals surface area contributed by atoms with Crippen LogP contribution in [-0.4, -0.2) is 81.5 Å². The van der Waals surface area contributed by atoms with Crippen molar-refractivity contribution in [3.8, 4) is 23.0 Å². The van der Waals surface area contributed by atoms with E-state index in [1.54, 1.807) is 43.6 Å². The van der Waals surface area contributed by atoms with E-state index in [2.05, 4.69) is 20.5 Å². The maximum Gasteiger partial charge on any atom is 0.244 e. The number of anilines is 2. The zero-order chi connectivity index (χ0) is 31.9. The fourth-order valence-electron chi connectivity index (χ4n) is 5.22. The van der Waals surface area contributed by atoms with E-state index in [0.717, 1.165) is 44.7 Å². The van der Waals surface area contributed by atoms with Gasteiger partial charge in [-0.1, -0.05) is 0 Å². The third kappa shape index (κ3) is 7.04. The van der Waals surface area contributed by atoms with Crippen LogP contribution in [0.3, 0.4) is 0 Å². The largest absolute Gasteiger partial charge is 0.493 e. The molecule has 2 N–H and O–H groups in total. The summed E-state index contributed by atoms with van der Waals surface area (Å²) in [6, 6.07) is 17.6. The van der Waals surface area contributed by atoms with Gasteiger partial charge in [-0.25, -0.2) is 4.39 Å². The molecule has 2 aliphatic rings. The molecule has 12 heteroatoms. The second-order valence-electron chi connectivity index (χ2n) is 11.1. The lowest BCUT2D eigenvalue weighted by atomic mass is 9.83. The van der Waals surface area contributed by atoms with Crippen LogP contribution in [0, 0.1) is 11.2 Å². The maximum atomic E-state index is 13.2. The minimum absolute atomic E-state index is 0.0627. The number of aromatic nitrogens is 1. The van der Waals surface area contributed by atoms with Gasteiger partial charge in [-0.05, 0) is 67.1 Å². The molecular weight excluding hydrogens is 595 g/mol. The molecule has 0 aliphatic carbocycles. The van der Waals surface area contributed by atoms with Crippen LogP contribution >= 0.6 is 0 Å². The molecule has 2 aliphatic heterocycles. The van der Waals surface area contributed by atoms with Crippen molar-refractivity contribution in [1.82, 2.24) is 9.88 Å². The number of hydrogen-bond donors (Lipinski definition) is 2.